The Labute approximate surface area is 186 Å². The number of benzene rings is 2. The monoisotopic (exact) mass is 450 g/mol. The van der Waals surface area contributed by atoms with Crippen LogP contribution in [0.15, 0.2) is 65.7 Å². The van der Waals surface area contributed by atoms with Crippen LogP contribution in [-0.2, 0) is 16.1 Å². The van der Waals surface area contributed by atoms with E-state index in [-0.39, 0.29) is 42.4 Å². The van der Waals surface area contributed by atoms with Gasteiger partial charge >= 0.3 is 0 Å². The maximum atomic E-state index is 12.5. The number of nitrogens with one attached hydrogen (secondary N) is 1. The first-order valence-electron chi connectivity index (χ1n) is 9.73. The van der Waals surface area contributed by atoms with E-state index < -0.39 is 4.92 Å². The molecule has 9 nitrogen and oxygen atoms in total. The van der Waals surface area contributed by atoms with Crippen LogP contribution in [0.4, 0.5) is 10.5 Å². The van der Waals surface area contributed by atoms with Gasteiger partial charge in [0, 0.05) is 42.3 Å². The number of fused-ring (bicyclic) bond motifs is 1. The number of hydrogen-bond donors (Lipinski definition) is 1. The Kier molecular flexibility index (Phi) is 6.04. The van der Waals surface area contributed by atoms with Crippen molar-refractivity contribution in [3.8, 4) is 0 Å². The van der Waals surface area contributed by atoms with Gasteiger partial charge in [0.25, 0.3) is 16.8 Å². The number of nitrogens with zero attached hydrogens (tertiary/aromatic N) is 3. The summed E-state index contributed by atoms with van der Waals surface area (Å²) in [5.41, 5.74) is 1.51. The first-order chi connectivity index (χ1) is 15.4. The van der Waals surface area contributed by atoms with Crippen LogP contribution >= 0.6 is 11.8 Å². The Hall–Kier alpha value is -3.92. The zero-order chi connectivity index (χ0) is 22.7. The molecule has 1 saturated heterocycles. The predicted molar refractivity (Wildman–Crippen MR) is 121 cm³/mol. The number of nitro benzene ring substituents is 1. The third kappa shape index (κ3) is 4.54. The van der Waals surface area contributed by atoms with Gasteiger partial charge < -0.3 is 9.88 Å². The minimum Gasteiger partial charge on any atom is -0.353 e. The maximum absolute atomic E-state index is 12.5. The molecule has 2 heterocycles. The Bertz CT molecular complexity index is 1250. The van der Waals surface area contributed by atoms with E-state index in [4.69, 9.17) is 0 Å². The smallest absolute Gasteiger partial charge is 0.293 e. The number of carbonyl (C=O) groups is 3. The van der Waals surface area contributed by atoms with Gasteiger partial charge in [0.2, 0.25) is 5.91 Å². The average Bonchev–Trinajstić information content (AvgIpc) is 3.29. The summed E-state index contributed by atoms with van der Waals surface area (Å²) in [7, 11) is 0. The highest BCUT2D eigenvalue weighted by molar-refractivity contribution is 8.18. The number of nitro groups is 1. The van der Waals surface area contributed by atoms with Crippen molar-refractivity contribution in [3.05, 3.63) is 81.4 Å². The normalized spacial score (nSPS) is 15.0. The lowest BCUT2D eigenvalue weighted by Crippen LogP contribution is -2.38. The van der Waals surface area contributed by atoms with Crippen LogP contribution in [0.1, 0.15) is 5.56 Å². The second kappa shape index (κ2) is 9.06. The topological polar surface area (TPSA) is 115 Å². The molecule has 3 amide bonds. The molecule has 162 valence electrons. The third-order valence-corrected chi connectivity index (χ3v) is 5.82. The molecule has 0 spiro atoms. The Morgan fingerprint density at radius 3 is 2.66 bits per heavy atom. The summed E-state index contributed by atoms with van der Waals surface area (Å²) in [4.78, 5) is 48.9. The van der Waals surface area contributed by atoms with Crippen molar-refractivity contribution >= 4 is 51.5 Å². The number of hydrogen-bond acceptors (Lipinski definition) is 6. The van der Waals surface area contributed by atoms with Crippen molar-refractivity contribution in [2.45, 2.75) is 6.54 Å². The largest absolute Gasteiger partial charge is 0.353 e. The van der Waals surface area contributed by atoms with Gasteiger partial charge in [-0.25, -0.2) is 0 Å². The summed E-state index contributed by atoms with van der Waals surface area (Å²) < 4.78 is 1.68. The quantitative estimate of drug-likeness (QED) is 0.335. The molecular formula is C22H18N4O5S. The van der Waals surface area contributed by atoms with Gasteiger partial charge in [0.15, 0.2) is 0 Å². The van der Waals surface area contributed by atoms with Crippen molar-refractivity contribution in [2.75, 3.05) is 13.1 Å². The van der Waals surface area contributed by atoms with Gasteiger partial charge in [-0.05, 0) is 35.5 Å². The average molecular weight is 450 g/mol. The molecule has 2 aromatic carbocycles. The molecule has 1 aromatic heterocycles. The predicted octanol–water partition coefficient (Wildman–Crippen LogP) is 3.40. The van der Waals surface area contributed by atoms with Crippen molar-refractivity contribution in [1.29, 1.82) is 0 Å². The number of imide groups is 1. The summed E-state index contributed by atoms with van der Waals surface area (Å²) in [5, 5.41) is 13.9. The van der Waals surface area contributed by atoms with Crippen molar-refractivity contribution < 1.29 is 19.3 Å². The minimum absolute atomic E-state index is 0.0110. The molecule has 0 radical (unpaired) electrons. The summed E-state index contributed by atoms with van der Waals surface area (Å²) in [6.07, 6.45) is 3.35. The first-order valence-corrected chi connectivity index (χ1v) is 10.5. The van der Waals surface area contributed by atoms with Crippen LogP contribution in [0, 0.1) is 10.1 Å². The van der Waals surface area contributed by atoms with Crippen LogP contribution < -0.4 is 5.32 Å². The lowest BCUT2D eigenvalue weighted by atomic mass is 10.2. The number of carbonyl (C=O) groups excluding carboxylic acids is 3. The second-order valence-electron chi connectivity index (χ2n) is 7.04. The van der Waals surface area contributed by atoms with E-state index in [1.54, 1.807) is 29.0 Å². The van der Waals surface area contributed by atoms with Crippen LogP contribution in [0.5, 0.6) is 0 Å². The van der Waals surface area contributed by atoms with Gasteiger partial charge in [-0.3, -0.25) is 29.4 Å². The number of thioether (sulfide) groups is 1. The van der Waals surface area contributed by atoms with E-state index in [2.05, 4.69) is 5.32 Å². The molecule has 0 saturated carbocycles. The molecule has 32 heavy (non-hydrogen) atoms. The highest BCUT2D eigenvalue weighted by Crippen LogP contribution is 2.31. The lowest BCUT2D eigenvalue weighted by Gasteiger charge is -2.13. The van der Waals surface area contributed by atoms with Gasteiger partial charge in [-0.15, -0.1) is 0 Å². The van der Waals surface area contributed by atoms with Gasteiger partial charge in [-0.1, -0.05) is 30.3 Å². The minimum atomic E-state index is -0.469. The molecule has 4 rings (SSSR count). The fraction of sp³-hybridized carbons (Fsp3) is 0.136. The zero-order valence-electron chi connectivity index (χ0n) is 16.8. The van der Waals surface area contributed by atoms with Gasteiger partial charge in [-0.2, -0.15) is 0 Å². The number of amides is 3. The summed E-state index contributed by atoms with van der Waals surface area (Å²) in [5.74, 6) is -0.677. The molecule has 3 aromatic rings. The molecule has 0 atom stereocenters. The molecule has 1 N–H and O–H groups in total. The second-order valence-corrected chi connectivity index (χ2v) is 8.03. The molecule has 0 unspecified atom stereocenters. The highest BCUT2D eigenvalue weighted by atomic mass is 32.2. The van der Waals surface area contributed by atoms with E-state index in [1.165, 1.54) is 12.1 Å². The van der Waals surface area contributed by atoms with Crippen LogP contribution in [-0.4, -0.2) is 44.5 Å². The third-order valence-electron chi connectivity index (χ3n) is 4.91. The maximum Gasteiger partial charge on any atom is 0.293 e. The van der Waals surface area contributed by atoms with Crippen LogP contribution in [0.3, 0.4) is 0 Å². The Morgan fingerprint density at radius 2 is 1.91 bits per heavy atom. The summed E-state index contributed by atoms with van der Waals surface area (Å²) >= 11 is 0.878. The number of non-ortho nitro benzene ring substituents is 1. The van der Waals surface area contributed by atoms with Crippen molar-refractivity contribution in [2.24, 2.45) is 0 Å². The number of rotatable bonds is 7. The van der Waals surface area contributed by atoms with E-state index in [9.17, 15) is 24.5 Å². The van der Waals surface area contributed by atoms with Crippen LogP contribution in [0.25, 0.3) is 17.0 Å². The van der Waals surface area contributed by atoms with E-state index >= 15 is 0 Å². The molecule has 0 bridgehead atoms. The van der Waals surface area contributed by atoms with E-state index in [0.29, 0.717) is 15.8 Å². The molecule has 1 aliphatic rings. The van der Waals surface area contributed by atoms with Gasteiger partial charge in [0.05, 0.1) is 9.83 Å². The lowest BCUT2D eigenvalue weighted by molar-refractivity contribution is -0.384. The first kappa shape index (κ1) is 21.3. The molecular weight excluding hydrogens is 432 g/mol. The summed E-state index contributed by atoms with van der Waals surface area (Å²) in [6.45, 7) is 0.207. The Morgan fingerprint density at radius 1 is 1.12 bits per heavy atom. The van der Waals surface area contributed by atoms with Crippen LogP contribution in [0.2, 0.25) is 0 Å². The van der Waals surface area contributed by atoms with E-state index in [1.807, 2.05) is 30.3 Å². The fourth-order valence-corrected chi connectivity index (χ4v) is 4.22. The molecule has 0 aliphatic carbocycles. The van der Waals surface area contributed by atoms with Gasteiger partial charge in [0.1, 0.15) is 6.54 Å². The molecule has 1 aliphatic heterocycles. The standard InChI is InChI=1S/C22H18N4O5S/c27-20(14-24-10-8-16-13-17(26(30)31)6-7-18(16)24)23-9-11-25-21(28)19(32-22(25)29)12-15-4-2-1-3-5-15/h1-8,10,12-13H,9,11,14H2,(H,23,27)/b19-12+. The van der Waals surface area contributed by atoms with Crippen molar-refractivity contribution in [1.82, 2.24) is 14.8 Å². The SMILES string of the molecule is O=C(Cn1ccc2cc([N+](=O)[O-])ccc21)NCCN1C(=O)S/C(=C/c2ccccc2)C1=O. The number of aromatic nitrogens is 1. The molecule has 1 fully saturated rings. The van der Waals surface area contributed by atoms with Crippen molar-refractivity contribution in [3.63, 3.8) is 0 Å². The fourth-order valence-electron chi connectivity index (χ4n) is 3.35. The zero-order valence-corrected chi connectivity index (χ0v) is 17.6. The molecule has 10 heteroatoms. The highest BCUT2D eigenvalue weighted by Gasteiger charge is 2.34. The van der Waals surface area contributed by atoms with E-state index in [0.717, 1.165) is 22.2 Å². The summed E-state index contributed by atoms with van der Waals surface area (Å²) in [6, 6.07) is 15.4. The Balaban J connectivity index is 1.33.